The number of hydrogen-bond donors (Lipinski definition) is 1. The molecule has 24 heavy (non-hydrogen) atoms. The molecular formula is C20H26N2O2. The summed E-state index contributed by atoms with van der Waals surface area (Å²) in [5.41, 5.74) is 2.37. The Labute approximate surface area is 144 Å². The first-order valence-corrected chi connectivity index (χ1v) is 8.55. The topological polar surface area (TPSA) is 33.7 Å². The number of para-hydroxylation sites is 2. The van der Waals surface area contributed by atoms with Gasteiger partial charge >= 0.3 is 0 Å². The van der Waals surface area contributed by atoms with Crippen molar-refractivity contribution in [2.75, 3.05) is 40.4 Å². The maximum absolute atomic E-state index is 5.66. The Bertz CT molecular complexity index is 604. The molecule has 2 aromatic rings. The summed E-state index contributed by atoms with van der Waals surface area (Å²) in [5.74, 6) is 1.84. The third kappa shape index (κ3) is 3.55. The molecule has 0 aliphatic carbocycles. The summed E-state index contributed by atoms with van der Waals surface area (Å²) in [6, 6.07) is 16.7. The zero-order chi connectivity index (χ0) is 16.8. The molecule has 2 aromatic carbocycles. The Morgan fingerprint density at radius 1 is 0.833 bits per heavy atom. The van der Waals surface area contributed by atoms with E-state index in [0.717, 1.165) is 44.1 Å². The summed E-state index contributed by atoms with van der Waals surface area (Å²) in [5, 5.41) is 3.49. The zero-order valence-corrected chi connectivity index (χ0v) is 14.5. The van der Waals surface area contributed by atoms with Crippen molar-refractivity contribution in [2.24, 2.45) is 0 Å². The lowest BCUT2D eigenvalue weighted by Crippen LogP contribution is -2.33. The van der Waals surface area contributed by atoms with Gasteiger partial charge in [0.2, 0.25) is 0 Å². The normalized spacial score (nSPS) is 16.0. The third-order valence-electron chi connectivity index (χ3n) is 4.61. The molecule has 128 valence electrons. The van der Waals surface area contributed by atoms with Crippen LogP contribution in [0.5, 0.6) is 11.5 Å². The van der Waals surface area contributed by atoms with E-state index in [1.807, 2.05) is 24.3 Å². The Morgan fingerprint density at radius 3 is 2.00 bits per heavy atom. The molecule has 4 heteroatoms. The van der Waals surface area contributed by atoms with Crippen LogP contribution in [0.15, 0.2) is 48.5 Å². The lowest BCUT2D eigenvalue weighted by molar-refractivity contribution is 0.231. The van der Waals surface area contributed by atoms with Crippen LogP contribution in [-0.4, -0.2) is 45.3 Å². The van der Waals surface area contributed by atoms with Crippen molar-refractivity contribution in [3.63, 3.8) is 0 Å². The van der Waals surface area contributed by atoms with Crippen molar-refractivity contribution in [3.05, 3.63) is 59.7 Å². The molecular weight excluding hydrogens is 300 g/mol. The standard InChI is InChI=1S/C20H26N2O2/c1-23-18-10-5-3-8-16(18)20(22-14-7-12-21-13-15-22)17-9-4-6-11-19(17)24-2/h3-6,8-11,20-21H,7,12-15H2,1-2H3. The Morgan fingerprint density at radius 2 is 1.42 bits per heavy atom. The van der Waals surface area contributed by atoms with Gasteiger partial charge in [0.05, 0.1) is 20.3 Å². The van der Waals surface area contributed by atoms with Crippen molar-refractivity contribution in [1.29, 1.82) is 0 Å². The highest BCUT2D eigenvalue weighted by Crippen LogP contribution is 2.38. The smallest absolute Gasteiger partial charge is 0.123 e. The molecule has 0 radical (unpaired) electrons. The lowest BCUT2D eigenvalue weighted by Gasteiger charge is -2.33. The van der Waals surface area contributed by atoms with Crippen LogP contribution in [0.1, 0.15) is 23.6 Å². The maximum atomic E-state index is 5.66. The first-order valence-electron chi connectivity index (χ1n) is 8.55. The molecule has 4 nitrogen and oxygen atoms in total. The maximum Gasteiger partial charge on any atom is 0.123 e. The van der Waals surface area contributed by atoms with Crippen molar-refractivity contribution in [1.82, 2.24) is 10.2 Å². The van der Waals surface area contributed by atoms with Gasteiger partial charge in [-0.2, -0.15) is 0 Å². The minimum absolute atomic E-state index is 0.122. The Hall–Kier alpha value is -2.04. The highest BCUT2D eigenvalue weighted by molar-refractivity contribution is 5.46. The van der Waals surface area contributed by atoms with Gasteiger partial charge in [0, 0.05) is 30.8 Å². The van der Waals surface area contributed by atoms with Crippen molar-refractivity contribution >= 4 is 0 Å². The number of nitrogens with zero attached hydrogens (tertiary/aromatic N) is 1. The van der Waals surface area contributed by atoms with Crippen LogP contribution in [0.25, 0.3) is 0 Å². The van der Waals surface area contributed by atoms with Crippen LogP contribution in [-0.2, 0) is 0 Å². The number of methoxy groups -OCH3 is 2. The quantitative estimate of drug-likeness (QED) is 0.915. The van der Waals surface area contributed by atoms with Crippen LogP contribution >= 0.6 is 0 Å². The molecule has 1 saturated heterocycles. The van der Waals surface area contributed by atoms with E-state index >= 15 is 0 Å². The van der Waals surface area contributed by atoms with E-state index in [-0.39, 0.29) is 6.04 Å². The van der Waals surface area contributed by atoms with E-state index < -0.39 is 0 Å². The average molecular weight is 326 g/mol. The monoisotopic (exact) mass is 326 g/mol. The summed E-state index contributed by atoms with van der Waals surface area (Å²) < 4.78 is 11.3. The van der Waals surface area contributed by atoms with E-state index in [1.165, 1.54) is 11.1 Å². The van der Waals surface area contributed by atoms with Crippen LogP contribution < -0.4 is 14.8 Å². The minimum atomic E-state index is 0.122. The van der Waals surface area contributed by atoms with Gasteiger partial charge in [0.1, 0.15) is 11.5 Å². The number of hydrogen-bond acceptors (Lipinski definition) is 4. The molecule has 0 saturated carbocycles. The number of ether oxygens (including phenoxy) is 2. The molecule has 0 atom stereocenters. The third-order valence-corrected chi connectivity index (χ3v) is 4.61. The SMILES string of the molecule is COc1ccccc1C(c1ccccc1OC)N1CCCNCC1. The molecule has 0 aromatic heterocycles. The zero-order valence-electron chi connectivity index (χ0n) is 14.5. The van der Waals surface area contributed by atoms with E-state index in [4.69, 9.17) is 9.47 Å². The molecule has 1 fully saturated rings. The molecule has 3 rings (SSSR count). The Balaban J connectivity index is 2.09. The molecule has 0 amide bonds. The van der Waals surface area contributed by atoms with Gasteiger partial charge in [-0.25, -0.2) is 0 Å². The number of rotatable bonds is 5. The molecule has 0 bridgehead atoms. The van der Waals surface area contributed by atoms with Gasteiger partial charge in [-0.1, -0.05) is 36.4 Å². The van der Waals surface area contributed by atoms with E-state index in [0.29, 0.717) is 0 Å². The molecule has 1 N–H and O–H groups in total. The van der Waals surface area contributed by atoms with Crippen LogP contribution in [0.2, 0.25) is 0 Å². The number of nitrogens with one attached hydrogen (secondary N) is 1. The largest absolute Gasteiger partial charge is 0.496 e. The minimum Gasteiger partial charge on any atom is -0.496 e. The second-order valence-electron chi connectivity index (χ2n) is 6.03. The fourth-order valence-corrected chi connectivity index (χ4v) is 3.47. The second kappa shape index (κ2) is 8.18. The van der Waals surface area contributed by atoms with Crippen molar-refractivity contribution < 1.29 is 9.47 Å². The van der Waals surface area contributed by atoms with Gasteiger partial charge in [0.15, 0.2) is 0 Å². The summed E-state index contributed by atoms with van der Waals surface area (Å²) in [6.45, 7) is 4.12. The summed E-state index contributed by atoms with van der Waals surface area (Å²) in [6.07, 6.45) is 1.14. The summed E-state index contributed by atoms with van der Waals surface area (Å²) in [4.78, 5) is 2.52. The van der Waals surface area contributed by atoms with E-state index in [1.54, 1.807) is 14.2 Å². The van der Waals surface area contributed by atoms with Crippen LogP contribution in [0, 0.1) is 0 Å². The molecule has 0 unspecified atom stereocenters. The molecule has 1 aliphatic rings. The first-order chi connectivity index (χ1) is 11.8. The summed E-state index contributed by atoms with van der Waals surface area (Å²) in [7, 11) is 3.48. The number of benzene rings is 2. The fraction of sp³-hybridized carbons (Fsp3) is 0.400. The van der Waals surface area contributed by atoms with Gasteiger partial charge in [-0.05, 0) is 25.1 Å². The highest BCUT2D eigenvalue weighted by Gasteiger charge is 2.27. The summed E-state index contributed by atoms with van der Waals surface area (Å²) >= 11 is 0. The average Bonchev–Trinajstić information content (AvgIpc) is 2.92. The van der Waals surface area contributed by atoms with Gasteiger partial charge in [-0.3, -0.25) is 4.90 Å². The van der Waals surface area contributed by atoms with Crippen molar-refractivity contribution in [3.8, 4) is 11.5 Å². The molecule has 1 aliphatic heterocycles. The first kappa shape index (κ1) is 16.8. The van der Waals surface area contributed by atoms with Crippen LogP contribution in [0.4, 0.5) is 0 Å². The predicted octanol–water partition coefficient (Wildman–Crippen LogP) is 3.09. The lowest BCUT2D eigenvalue weighted by atomic mass is 9.95. The second-order valence-corrected chi connectivity index (χ2v) is 6.03. The van der Waals surface area contributed by atoms with E-state index in [2.05, 4.69) is 34.5 Å². The van der Waals surface area contributed by atoms with Crippen LogP contribution in [0.3, 0.4) is 0 Å². The predicted molar refractivity (Wildman–Crippen MR) is 96.9 cm³/mol. The van der Waals surface area contributed by atoms with E-state index in [9.17, 15) is 0 Å². The molecule has 0 spiro atoms. The van der Waals surface area contributed by atoms with Gasteiger partial charge in [-0.15, -0.1) is 0 Å². The fourth-order valence-electron chi connectivity index (χ4n) is 3.47. The van der Waals surface area contributed by atoms with Gasteiger partial charge < -0.3 is 14.8 Å². The van der Waals surface area contributed by atoms with Crippen molar-refractivity contribution in [2.45, 2.75) is 12.5 Å². The highest BCUT2D eigenvalue weighted by atomic mass is 16.5. The molecule has 1 heterocycles. The van der Waals surface area contributed by atoms with Gasteiger partial charge in [0.25, 0.3) is 0 Å². The Kier molecular flexibility index (Phi) is 5.72.